The molecule has 0 aliphatic carbocycles. The number of hydrogen-bond donors (Lipinski definition) is 1. The van der Waals surface area contributed by atoms with Gasteiger partial charge in [0.15, 0.2) is 11.5 Å². The van der Waals surface area contributed by atoms with Crippen molar-refractivity contribution in [3.63, 3.8) is 0 Å². The summed E-state index contributed by atoms with van der Waals surface area (Å²) in [6, 6.07) is 14.5. The van der Waals surface area contributed by atoms with Crippen LogP contribution < -0.4 is 14.8 Å². The second-order valence-corrected chi connectivity index (χ2v) is 6.20. The van der Waals surface area contributed by atoms with Crippen LogP contribution in [0.5, 0.6) is 11.5 Å². The van der Waals surface area contributed by atoms with Gasteiger partial charge in [-0.05, 0) is 44.0 Å². The van der Waals surface area contributed by atoms with Gasteiger partial charge < -0.3 is 14.8 Å². The molecular formula is C19H24ClNO2. The summed E-state index contributed by atoms with van der Waals surface area (Å²) in [5.74, 6) is 1.26. The fourth-order valence-corrected chi connectivity index (χ4v) is 2.63. The molecule has 1 unspecified atom stereocenters. The highest BCUT2D eigenvalue weighted by molar-refractivity contribution is 6.32. The Morgan fingerprint density at radius 3 is 2.39 bits per heavy atom. The van der Waals surface area contributed by atoms with Gasteiger partial charge in [-0.2, -0.15) is 0 Å². The normalized spacial score (nSPS) is 12.3. The summed E-state index contributed by atoms with van der Waals surface area (Å²) in [4.78, 5) is 0. The maximum Gasteiger partial charge on any atom is 0.180 e. The summed E-state index contributed by atoms with van der Waals surface area (Å²) in [6.45, 7) is 6.78. The van der Waals surface area contributed by atoms with Gasteiger partial charge in [-0.1, -0.05) is 41.9 Å². The summed E-state index contributed by atoms with van der Waals surface area (Å²) in [5.41, 5.74) is 2.32. The minimum Gasteiger partial charge on any atom is -0.493 e. The standard InChI is InChI=1S/C19H24ClNO2/c1-13(2)23-19-17(20)10-15(11-18(19)22-4)12-21-14(3)16-8-6-5-7-9-16/h5-11,13-14,21H,12H2,1-4H3. The fraction of sp³-hybridized carbons (Fsp3) is 0.368. The predicted molar refractivity (Wildman–Crippen MR) is 95.5 cm³/mol. The van der Waals surface area contributed by atoms with E-state index in [4.69, 9.17) is 21.1 Å². The number of benzene rings is 2. The smallest absolute Gasteiger partial charge is 0.180 e. The summed E-state index contributed by atoms with van der Waals surface area (Å²) in [5, 5.41) is 4.07. The molecule has 2 aromatic carbocycles. The molecule has 1 atom stereocenters. The maximum absolute atomic E-state index is 6.36. The topological polar surface area (TPSA) is 30.5 Å². The van der Waals surface area contributed by atoms with Crippen LogP contribution in [0.4, 0.5) is 0 Å². The molecule has 23 heavy (non-hydrogen) atoms. The van der Waals surface area contributed by atoms with Crippen molar-refractivity contribution in [2.75, 3.05) is 7.11 Å². The first kappa shape index (κ1) is 17.6. The summed E-state index contributed by atoms with van der Waals surface area (Å²) < 4.78 is 11.2. The molecule has 0 amide bonds. The molecule has 0 saturated carbocycles. The SMILES string of the molecule is COc1cc(CNC(C)c2ccccc2)cc(Cl)c1OC(C)C. The molecular weight excluding hydrogens is 310 g/mol. The van der Waals surface area contributed by atoms with Crippen LogP contribution in [0, 0.1) is 0 Å². The van der Waals surface area contributed by atoms with Gasteiger partial charge in [-0.3, -0.25) is 0 Å². The molecule has 0 aliphatic heterocycles. The van der Waals surface area contributed by atoms with Gasteiger partial charge in [0, 0.05) is 12.6 Å². The average Bonchev–Trinajstić information content (AvgIpc) is 2.55. The average molecular weight is 334 g/mol. The lowest BCUT2D eigenvalue weighted by molar-refractivity contribution is 0.230. The molecule has 0 heterocycles. The quantitative estimate of drug-likeness (QED) is 0.774. The predicted octanol–water partition coefficient (Wildman–Crippen LogP) is 4.99. The van der Waals surface area contributed by atoms with E-state index in [1.54, 1.807) is 7.11 Å². The molecule has 0 bridgehead atoms. The van der Waals surface area contributed by atoms with Crippen molar-refractivity contribution in [2.24, 2.45) is 0 Å². The number of methoxy groups -OCH3 is 1. The van der Waals surface area contributed by atoms with E-state index in [0.29, 0.717) is 23.1 Å². The Labute approximate surface area is 143 Å². The zero-order valence-corrected chi connectivity index (χ0v) is 14.9. The molecule has 2 aromatic rings. The van der Waals surface area contributed by atoms with Crippen molar-refractivity contribution in [2.45, 2.75) is 39.5 Å². The Morgan fingerprint density at radius 2 is 1.78 bits per heavy atom. The van der Waals surface area contributed by atoms with Crippen molar-refractivity contribution in [3.8, 4) is 11.5 Å². The van der Waals surface area contributed by atoms with E-state index in [9.17, 15) is 0 Å². The van der Waals surface area contributed by atoms with Crippen LogP contribution in [-0.4, -0.2) is 13.2 Å². The monoisotopic (exact) mass is 333 g/mol. The van der Waals surface area contributed by atoms with Gasteiger partial charge in [-0.25, -0.2) is 0 Å². The fourth-order valence-electron chi connectivity index (χ4n) is 2.36. The molecule has 0 saturated heterocycles. The third-order valence-electron chi connectivity index (χ3n) is 3.55. The highest BCUT2D eigenvalue weighted by Crippen LogP contribution is 2.37. The minimum absolute atomic E-state index is 0.0449. The molecule has 0 radical (unpaired) electrons. The second kappa shape index (κ2) is 8.23. The molecule has 1 N–H and O–H groups in total. The highest BCUT2D eigenvalue weighted by Gasteiger charge is 2.14. The van der Waals surface area contributed by atoms with Crippen molar-refractivity contribution < 1.29 is 9.47 Å². The first-order valence-corrected chi connectivity index (χ1v) is 8.20. The zero-order chi connectivity index (χ0) is 16.8. The highest BCUT2D eigenvalue weighted by atomic mass is 35.5. The van der Waals surface area contributed by atoms with Crippen molar-refractivity contribution in [1.29, 1.82) is 0 Å². The Bertz CT molecular complexity index is 629. The minimum atomic E-state index is 0.0449. The molecule has 3 nitrogen and oxygen atoms in total. The molecule has 124 valence electrons. The van der Waals surface area contributed by atoms with Gasteiger partial charge in [0.05, 0.1) is 18.2 Å². The Morgan fingerprint density at radius 1 is 1.09 bits per heavy atom. The van der Waals surface area contributed by atoms with Crippen molar-refractivity contribution in [1.82, 2.24) is 5.32 Å². The van der Waals surface area contributed by atoms with Crippen LogP contribution in [0.2, 0.25) is 5.02 Å². The molecule has 0 spiro atoms. The summed E-state index contributed by atoms with van der Waals surface area (Å²) in [7, 11) is 1.63. The van der Waals surface area contributed by atoms with E-state index in [-0.39, 0.29) is 12.1 Å². The number of rotatable bonds is 7. The molecule has 0 fully saturated rings. The lowest BCUT2D eigenvalue weighted by Crippen LogP contribution is -2.18. The molecule has 0 aliphatic rings. The summed E-state index contributed by atoms with van der Waals surface area (Å²) in [6.07, 6.45) is 0.0449. The third kappa shape index (κ3) is 4.88. The molecule has 4 heteroatoms. The largest absolute Gasteiger partial charge is 0.493 e. The number of nitrogens with one attached hydrogen (secondary N) is 1. The number of hydrogen-bond acceptors (Lipinski definition) is 3. The van der Waals surface area contributed by atoms with Crippen LogP contribution in [0.1, 0.15) is 37.9 Å². The van der Waals surface area contributed by atoms with Crippen LogP contribution in [0.15, 0.2) is 42.5 Å². The van der Waals surface area contributed by atoms with Gasteiger partial charge in [0.1, 0.15) is 0 Å². The lowest BCUT2D eigenvalue weighted by atomic mass is 10.1. The Hall–Kier alpha value is -1.71. The van der Waals surface area contributed by atoms with E-state index < -0.39 is 0 Å². The first-order valence-electron chi connectivity index (χ1n) is 7.82. The number of ether oxygens (including phenoxy) is 2. The van der Waals surface area contributed by atoms with E-state index in [2.05, 4.69) is 24.4 Å². The van der Waals surface area contributed by atoms with Gasteiger partial charge in [0.25, 0.3) is 0 Å². The van der Waals surface area contributed by atoms with Crippen molar-refractivity contribution in [3.05, 3.63) is 58.6 Å². The van der Waals surface area contributed by atoms with E-state index >= 15 is 0 Å². The van der Waals surface area contributed by atoms with E-state index in [1.807, 2.05) is 44.2 Å². The van der Waals surface area contributed by atoms with E-state index in [1.165, 1.54) is 5.56 Å². The maximum atomic E-state index is 6.36. The van der Waals surface area contributed by atoms with E-state index in [0.717, 1.165) is 5.56 Å². The lowest BCUT2D eigenvalue weighted by Gasteiger charge is -2.18. The van der Waals surface area contributed by atoms with Crippen LogP contribution in [0.25, 0.3) is 0 Å². The summed E-state index contributed by atoms with van der Waals surface area (Å²) >= 11 is 6.36. The van der Waals surface area contributed by atoms with Crippen LogP contribution in [-0.2, 0) is 6.54 Å². The molecule has 0 aromatic heterocycles. The number of halogens is 1. The zero-order valence-electron chi connectivity index (χ0n) is 14.1. The first-order chi connectivity index (χ1) is 11.0. The van der Waals surface area contributed by atoms with Crippen LogP contribution >= 0.6 is 11.6 Å². The van der Waals surface area contributed by atoms with Gasteiger partial charge in [-0.15, -0.1) is 0 Å². The molecule has 2 rings (SSSR count). The third-order valence-corrected chi connectivity index (χ3v) is 3.84. The van der Waals surface area contributed by atoms with Crippen LogP contribution in [0.3, 0.4) is 0 Å². The second-order valence-electron chi connectivity index (χ2n) is 5.79. The van der Waals surface area contributed by atoms with Gasteiger partial charge >= 0.3 is 0 Å². The Balaban J connectivity index is 2.10. The van der Waals surface area contributed by atoms with Gasteiger partial charge in [0.2, 0.25) is 0 Å². The Kier molecular flexibility index (Phi) is 6.31. The van der Waals surface area contributed by atoms with Crippen molar-refractivity contribution >= 4 is 11.6 Å².